The Hall–Kier alpha value is -8.16. The molecule has 8 aromatic rings. The van der Waals surface area contributed by atoms with E-state index < -0.39 is 35.2 Å². The molecule has 0 aliphatic carbocycles. The number of anilines is 3. The first-order valence-electron chi connectivity index (χ1n) is 27.5. The van der Waals surface area contributed by atoms with Crippen LogP contribution in [-0.4, -0.2) is 103 Å². The Balaban J connectivity index is 1.05. The fourth-order valence-corrected chi connectivity index (χ4v) is 12.0. The number of ether oxygens (including phenoxy) is 6. The third kappa shape index (κ3) is 11.9. The van der Waals surface area contributed by atoms with Crippen molar-refractivity contribution < 1.29 is 46.0 Å². The van der Waals surface area contributed by atoms with Crippen LogP contribution in [0, 0.1) is 6.92 Å². The molecule has 15 nitrogen and oxygen atoms in total. The number of rotatable bonds is 20. The van der Waals surface area contributed by atoms with Gasteiger partial charge in [-0.15, -0.1) is 0 Å². The average molecular weight is 1150 g/mol. The van der Waals surface area contributed by atoms with E-state index in [2.05, 4.69) is 9.80 Å². The van der Waals surface area contributed by atoms with Crippen LogP contribution >= 0.6 is 11.6 Å². The van der Waals surface area contributed by atoms with Crippen molar-refractivity contribution >= 4 is 40.0 Å². The molecule has 3 aliphatic heterocycles. The normalized spacial score (nSPS) is 17.1. The zero-order valence-corrected chi connectivity index (χ0v) is 47.8. The summed E-state index contributed by atoms with van der Waals surface area (Å²) in [6, 6.07) is 35.5. The summed E-state index contributed by atoms with van der Waals surface area (Å²) in [5, 5.41) is 0.0426. The number of hydrogen-bond donors (Lipinski definition) is 0. The van der Waals surface area contributed by atoms with Crippen LogP contribution in [-0.2, 0) is 32.4 Å². The summed E-state index contributed by atoms with van der Waals surface area (Å²) in [5.74, 6) is 3.99. The smallest absolute Gasteiger partial charge is 0.418 e. The Morgan fingerprint density at radius 1 is 0.723 bits per heavy atom. The summed E-state index contributed by atoms with van der Waals surface area (Å²) in [6.07, 6.45) is -2.31. The Bertz CT molecular complexity index is 3490. The molecule has 0 radical (unpaired) electrons. The highest BCUT2D eigenvalue weighted by molar-refractivity contribution is 6.38. The van der Waals surface area contributed by atoms with Crippen LogP contribution in [0.2, 0.25) is 5.02 Å². The minimum absolute atomic E-state index is 0.0309. The van der Waals surface area contributed by atoms with Crippen molar-refractivity contribution in [3.05, 3.63) is 165 Å². The highest BCUT2D eigenvalue weighted by Crippen LogP contribution is 2.48. The monoisotopic (exact) mass is 1150 g/mol. The molecule has 20 heteroatoms. The van der Waals surface area contributed by atoms with Gasteiger partial charge >= 0.3 is 12.2 Å². The zero-order valence-electron chi connectivity index (χ0n) is 47.1. The Morgan fingerprint density at radius 3 is 1.82 bits per heavy atom. The van der Waals surface area contributed by atoms with Crippen molar-refractivity contribution in [1.82, 2.24) is 29.8 Å². The lowest BCUT2D eigenvalue weighted by atomic mass is 9.95. The van der Waals surface area contributed by atoms with Crippen molar-refractivity contribution in [3.63, 3.8) is 0 Å². The third-order valence-corrected chi connectivity index (χ3v) is 16.3. The Kier molecular flexibility index (Phi) is 16.4. The quantitative estimate of drug-likeness (QED) is 0.0670. The third-order valence-electron chi connectivity index (χ3n) is 16.0. The first-order chi connectivity index (χ1) is 40.1. The lowest BCUT2D eigenvalue weighted by Crippen LogP contribution is -2.43. The van der Waals surface area contributed by atoms with Crippen LogP contribution in [0.1, 0.15) is 71.2 Å². The minimum atomic E-state index is -4.91. The van der Waals surface area contributed by atoms with Gasteiger partial charge in [-0.05, 0) is 122 Å². The number of nitrogens with zero attached hydrogens (tertiary/aromatic N) is 9. The molecule has 0 saturated carbocycles. The van der Waals surface area contributed by atoms with E-state index >= 15 is 17.6 Å². The molecule has 2 fully saturated rings. The molecule has 11 rings (SSSR count). The van der Waals surface area contributed by atoms with Crippen LogP contribution in [0.3, 0.4) is 0 Å². The van der Waals surface area contributed by atoms with Crippen molar-refractivity contribution in [1.29, 1.82) is 0 Å². The number of halogens is 5. The minimum Gasteiger partial charge on any atom is -0.497 e. The van der Waals surface area contributed by atoms with E-state index in [1.165, 1.54) is 13.0 Å². The van der Waals surface area contributed by atoms with Gasteiger partial charge in [-0.25, -0.2) is 19.3 Å². The maximum absolute atomic E-state index is 15.8. The van der Waals surface area contributed by atoms with E-state index in [-0.39, 0.29) is 84.2 Å². The first kappa shape index (κ1) is 56.7. The summed E-state index contributed by atoms with van der Waals surface area (Å²) in [5.41, 5.74) is 2.10. The number of methoxy groups -OCH3 is 4. The summed E-state index contributed by atoms with van der Waals surface area (Å²) < 4.78 is 97.6. The molecular weight excluding hydrogens is 1090 g/mol. The Morgan fingerprint density at radius 2 is 1.28 bits per heavy atom. The largest absolute Gasteiger partial charge is 0.497 e. The van der Waals surface area contributed by atoms with Gasteiger partial charge in [0.1, 0.15) is 82.1 Å². The van der Waals surface area contributed by atoms with Gasteiger partial charge in [-0.3, -0.25) is 4.90 Å². The summed E-state index contributed by atoms with van der Waals surface area (Å²) in [7, 11) is 6.42. The molecule has 4 aromatic heterocycles. The second-order valence-corrected chi connectivity index (χ2v) is 21.6. The molecule has 0 N–H and O–H groups in total. The average Bonchev–Trinajstić information content (AvgIpc) is 4.08. The number of benzene rings is 4. The van der Waals surface area contributed by atoms with E-state index in [0.29, 0.717) is 49.2 Å². The number of alkyl halides is 4. The van der Waals surface area contributed by atoms with Crippen LogP contribution in [0.5, 0.6) is 34.9 Å². The van der Waals surface area contributed by atoms with Crippen molar-refractivity contribution in [2.75, 3.05) is 76.0 Å². The highest BCUT2D eigenvalue weighted by Gasteiger charge is 2.50. The number of hydrogen-bond acceptors (Lipinski definition) is 15. The molecule has 2 saturated heterocycles. The predicted octanol–water partition coefficient (Wildman–Crippen LogP) is 12.8. The summed E-state index contributed by atoms with van der Waals surface area (Å²) >= 11 is 7.57. The van der Waals surface area contributed by atoms with Gasteiger partial charge in [-0.2, -0.15) is 23.1 Å². The van der Waals surface area contributed by atoms with Crippen molar-refractivity contribution in [2.45, 2.75) is 83.2 Å². The van der Waals surface area contributed by atoms with Crippen LogP contribution in [0.4, 0.5) is 35.0 Å². The predicted molar refractivity (Wildman–Crippen MR) is 311 cm³/mol. The van der Waals surface area contributed by atoms with Gasteiger partial charge in [0.2, 0.25) is 5.88 Å². The van der Waals surface area contributed by atoms with E-state index in [9.17, 15) is 0 Å². The molecule has 0 bridgehead atoms. The van der Waals surface area contributed by atoms with Crippen molar-refractivity contribution in [2.24, 2.45) is 0 Å². The SMILES string of the molecule is COc1ccc(CN(Cc2ccc(OC)cc2)c2cc(C)c(C(F)(F)F)c(-c3nc4c5c(nc(OC[C@@]67CCCN6C[C@H](F)C7)nc5c3Cl)N([C@H](C)c3cccnc3N(Cc3ccc(OC)cc3)Cc3ccc(OC)cc3)CCO4)n2)cc1. The second-order valence-electron chi connectivity index (χ2n) is 21.3. The second kappa shape index (κ2) is 24.0. The van der Waals surface area contributed by atoms with E-state index in [0.717, 1.165) is 52.3 Å². The molecule has 3 atom stereocenters. The number of pyridine rings is 3. The topological polar surface area (TPSA) is 133 Å². The van der Waals surface area contributed by atoms with Crippen LogP contribution in [0.25, 0.3) is 22.3 Å². The van der Waals surface area contributed by atoms with E-state index in [4.69, 9.17) is 64.9 Å². The lowest BCUT2D eigenvalue weighted by Gasteiger charge is -2.34. The van der Waals surface area contributed by atoms with Crippen LogP contribution < -0.4 is 43.1 Å². The maximum atomic E-state index is 15.8. The first-order valence-corrected chi connectivity index (χ1v) is 27.9. The molecule has 7 heterocycles. The fourth-order valence-electron chi connectivity index (χ4n) is 11.8. The molecule has 0 amide bonds. The van der Waals surface area contributed by atoms with Gasteiger partial charge in [-0.1, -0.05) is 66.2 Å². The number of aryl methyl sites for hydroxylation is 1. The van der Waals surface area contributed by atoms with E-state index in [1.54, 1.807) is 34.6 Å². The molecule has 0 unspecified atom stereocenters. The van der Waals surface area contributed by atoms with Crippen LogP contribution in [0.15, 0.2) is 121 Å². The van der Waals surface area contributed by atoms with Crippen molar-refractivity contribution in [3.8, 4) is 46.3 Å². The van der Waals surface area contributed by atoms with Gasteiger partial charge in [0.25, 0.3) is 0 Å². The highest BCUT2D eigenvalue weighted by atomic mass is 35.5. The fraction of sp³-hybridized carbons (Fsp3) is 0.349. The molecule has 0 spiro atoms. The molecule has 4 aromatic carbocycles. The van der Waals surface area contributed by atoms with Gasteiger partial charge in [0.05, 0.1) is 57.2 Å². The molecular formula is C63H64ClF4N9O6. The van der Waals surface area contributed by atoms with Gasteiger partial charge < -0.3 is 43.1 Å². The standard InChI is InChI=1S/C63H64ClF4N9O6/c1-39-31-51(74(33-41-10-18-46(78-3)19-11-41)34-42-12-20-47(79-4)21-13-42)70-56(53(39)63(66,67)68)57-54(64)55-52-59(73-61(72-55)83-38-62-26-8-28-76(62)37-45(65)32-62)77(29-30-82-60(52)71-57)40(2)50-9-7-27-69-58(50)75(35-43-14-22-48(80-5)23-15-43)36-44-16-24-49(81-6)25-17-44/h7,9-25,27,31,40,45H,8,26,28-30,32-38H2,1-6H3/t40-,45-,62+/m1/s1. The van der Waals surface area contributed by atoms with Gasteiger partial charge in [0, 0.05) is 50.9 Å². The molecule has 3 aliphatic rings. The molecule has 83 heavy (non-hydrogen) atoms. The maximum Gasteiger partial charge on any atom is 0.418 e. The zero-order chi connectivity index (χ0) is 58.0. The van der Waals surface area contributed by atoms with Gasteiger partial charge in [0.15, 0.2) is 0 Å². The summed E-state index contributed by atoms with van der Waals surface area (Å²) in [6.45, 7) is 6.27. The lowest BCUT2D eigenvalue weighted by molar-refractivity contribution is -0.137. The Labute approximate surface area is 484 Å². The van der Waals surface area contributed by atoms with E-state index in [1.807, 2.05) is 126 Å². The molecule has 432 valence electrons. The number of aromatic nitrogens is 5. The summed E-state index contributed by atoms with van der Waals surface area (Å²) in [4.78, 5) is 33.2. The number of fused-ring (bicyclic) bond motifs is 1.